The van der Waals surface area contributed by atoms with E-state index < -0.39 is 11.4 Å². The Morgan fingerprint density at radius 2 is 2.06 bits per heavy atom. The average molecular weight is 249 g/mol. The molecule has 0 unspecified atom stereocenters. The smallest absolute Gasteiger partial charge is 0.235 e. The Hall–Kier alpha value is -1.87. The van der Waals surface area contributed by atoms with Gasteiger partial charge in [-0.2, -0.15) is 4.99 Å². The summed E-state index contributed by atoms with van der Waals surface area (Å²) in [6, 6.07) is 3.10. The second kappa shape index (κ2) is 4.10. The Kier molecular flexibility index (Phi) is 2.56. The third-order valence-electron chi connectivity index (χ3n) is 3.57. The molecule has 1 aromatic rings. The van der Waals surface area contributed by atoms with Crippen molar-refractivity contribution in [3.8, 4) is 11.5 Å². The topological polar surface area (TPSA) is 47.9 Å². The maximum absolute atomic E-state index is 13.9. The SMILES string of the molecule is O=C=NC1(c2cc(F)c3c(c2)OCCO3)CCC1. The molecule has 1 heterocycles. The average Bonchev–Trinajstić information content (AvgIpc) is 2.34. The first kappa shape index (κ1) is 11.2. The molecular formula is C13H12FNO3. The summed E-state index contributed by atoms with van der Waals surface area (Å²) in [4.78, 5) is 14.4. The van der Waals surface area contributed by atoms with E-state index in [1.54, 1.807) is 12.1 Å². The molecule has 5 heteroatoms. The van der Waals surface area contributed by atoms with Gasteiger partial charge in [0.1, 0.15) is 13.2 Å². The van der Waals surface area contributed by atoms with Gasteiger partial charge in [0.25, 0.3) is 0 Å². The molecule has 0 aromatic heterocycles. The predicted molar refractivity (Wildman–Crippen MR) is 61.0 cm³/mol. The van der Waals surface area contributed by atoms with Gasteiger partial charge in [0.05, 0.1) is 5.54 Å². The van der Waals surface area contributed by atoms with Crippen LogP contribution >= 0.6 is 0 Å². The lowest BCUT2D eigenvalue weighted by Crippen LogP contribution is -2.32. The molecule has 18 heavy (non-hydrogen) atoms. The van der Waals surface area contributed by atoms with E-state index in [0.717, 1.165) is 19.3 Å². The van der Waals surface area contributed by atoms with Crippen LogP contribution in [0.15, 0.2) is 17.1 Å². The summed E-state index contributed by atoms with van der Waals surface area (Å²) in [5, 5.41) is 0. The number of fused-ring (bicyclic) bond motifs is 1. The third-order valence-corrected chi connectivity index (χ3v) is 3.57. The molecule has 0 amide bonds. The number of rotatable bonds is 2. The Labute approximate surface area is 103 Å². The van der Waals surface area contributed by atoms with Gasteiger partial charge < -0.3 is 9.47 Å². The highest BCUT2D eigenvalue weighted by molar-refractivity contribution is 5.49. The van der Waals surface area contributed by atoms with Gasteiger partial charge in [0.2, 0.25) is 6.08 Å². The van der Waals surface area contributed by atoms with Crippen molar-refractivity contribution in [1.82, 2.24) is 0 Å². The van der Waals surface area contributed by atoms with Crippen molar-refractivity contribution < 1.29 is 18.7 Å². The van der Waals surface area contributed by atoms with E-state index in [0.29, 0.717) is 24.5 Å². The summed E-state index contributed by atoms with van der Waals surface area (Å²) < 4.78 is 24.5. The van der Waals surface area contributed by atoms with Crippen LogP contribution in [-0.4, -0.2) is 19.3 Å². The van der Waals surface area contributed by atoms with Crippen LogP contribution in [0.25, 0.3) is 0 Å². The van der Waals surface area contributed by atoms with E-state index in [2.05, 4.69) is 4.99 Å². The van der Waals surface area contributed by atoms with E-state index in [9.17, 15) is 9.18 Å². The molecule has 0 atom stereocenters. The van der Waals surface area contributed by atoms with E-state index in [1.165, 1.54) is 6.07 Å². The number of hydrogen-bond acceptors (Lipinski definition) is 4. The zero-order valence-electron chi connectivity index (χ0n) is 9.74. The van der Waals surface area contributed by atoms with Crippen molar-refractivity contribution in [2.75, 3.05) is 13.2 Å². The Morgan fingerprint density at radius 1 is 1.28 bits per heavy atom. The Bertz CT molecular complexity index is 533. The van der Waals surface area contributed by atoms with Gasteiger partial charge in [-0.05, 0) is 37.0 Å². The number of nitrogens with zero attached hydrogens (tertiary/aromatic N) is 1. The number of carbonyl (C=O) groups excluding carboxylic acids is 1. The molecule has 2 aliphatic rings. The van der Waals surface area contributed by atoms with Crippen molar-refractivity contribution >= 4 is 6.08 Å². The number of hydrogen-bond donors (Lipinski definition) is 0. The monoisotopic (exact) mass is 249 g/mol. The molecule has 4 nitrogen and oxygen atoms in total. The first-order chi connectivity index (χ1) is 8.75. The van der Waals surface area contributed by atoms with Crippen LogP contribution in [0.2, 0.25) is 0 Å². The molecule has 1 fully saturated rings. The van der Waals surface area contributed by atoms with Gasteiger partial charge in [0.15, 0.2) is 17.3 Å². The molecular weight excluding hydrogens is 237 g/mol. The highest BCUT2D eigenvalue weighted by atomic mass is 19.1. The lowest BCUT2D eigenvalue weighted by atomic mass is 9.72. The van der Waals surface area contributed by atoms with E-state index >= 15 is 0 Å². The van der Waals surface area contributed by atoms with Crippen LogP contribution in [0.5, 0.6) is 11.5 Å². The van der Waals surface area contributed by atoms with Crippen molar-refractivity contribution in [2.24, 2.45) is 4.99 Å². The lowest BCUT2D eigenvalue weighted by molar-refractivity contribution is 0.162. The van der Waals surface area contributed by atoms with Crippen LogP contribution in [0.3, 0.4) is 0 Å². The fraction of sp³-hybridized carbons (Fsp3) is 0.462. The molecule has 0 spiro atoms. The summed E-state index contributed by atoms with van der Waals surface area (Å²) in [6.45, 7) is 0.751. The maximum atomic E-state index is 13.9. The van der Waals surface area contributed by atoms with Gasteiger partial charge in [0, 0.05) is 0 Å². The Morgan fingerprint density at radius 3 is 2.72 bits per heavy atom. The minimum Gasteiger partial charge on any atom is -0.486 e. The van der Waals surface area contributed by atoms with Crippen molar-refractivity contribution in [3.63, 3.8) is 0 Å². The molecule has 1 aromatic carbocycles. The van der Waals surface area contributed by atoms with Crippen molar-refractivity contribution in [2.45, 2.75) is 24.8 Å². The fourth-order valence-corrected chi connectivity index (χ4v) is 2.44. The number of ether oxygens (including phenoxy) is 2. The van der Waals surface area contributed by atoms with Crippen LogP contribution in [-0.2, 0) is 10.3 Å². The van der Waals surface area contributed by atoms with Gasteiger partial charge in [-0.15, -0.1) is 0 Å². The summed E-state index contributed by atoms with van der Waals surface area (Å²) in [7, 11) is 0. The Balaban J connectivity index is 2.07. The van der Waals surface area contributed by atoms with E-state index in [1.807, 2.05) is 0 Å². The van der Waals surface area contributed by atoms with Gasteiger partial charge in [-0.1, -0.05) is 0 Å². The second-order valence-electron chi connectivity index (χ2n) is 4.57. The van der Waals surface area contributed by atoms with Gasteiger partial charge >= 0.3 is 0 Å². The molecule has 0 bridgehead atoms. The largest absolute Gasteiger partial charge is 0.486 e. The molecule has 1 aliphatic carbocycles. The zero-order chi connectivity index (χ0) is 12.6. The molecule has 1 aliphatic heterocycles. The van der Waals surface area contributed by atoms with Crippen molar-refractivity contribution in [1.29, 1.82) is 0 Å². The van der Waals surface area contributed by atoms with Crippen LogP contribution in [0.4, 0.5) is 4.39 Å². The lowest BCUT2D eigenvalue weighted by Gasteiger charge is -2.37. The predicted octanol–water partition coefficient (Wildman–Crippen LogP) is 2.31. The maximum Gasteiger partial charge on any atom is 0.235 e. The summed E-state index contributed by atoms with van der Waals surface area (Å²) in [5.74, 6) is 0.0766. The minimum atomic E-state index is -0.613. The minimum absolute atomic E-state index is 0.148. The standard InChI is InChI=1S/C13H12FNO3/c14-10-6-9(13(15-8-16)2-1-3-13)7-11-12(10)18-5-4-17-11/h6-7H,1-5H2. The highest BCUT2D eigenvalue weighted by Crippen LogP contribution is 2.47. The molecule has 0 saturated heterocycles. The van der Waals surface area contributed by atoms with Crippen LogP contribution < -0.4 is 9.47 Å². The summed E-state index contributed by atoms with van der Waals surface area (Å²) in [5.41, 5.74) is 0.0529. The highest BCUT2D eigenvalue weighted by Gasteiger charge is 2.40. The first-order valence-electron chi connectivity index (χ1n) is 5.94. The fourth-order valence-electron chi connectivity index (χ4n) is 2.44. The van der Waals surface area contributed by atoms with Crippen molar-refractivity contribution in [3.05, 3.63) is 23.5 Å². The zero-order valence-corrected chi connectivity index (χ0v) is 9.74. The number of halogens is 1. The van der Waals surface area contributed by atoms with E-state index in [4.69, 9.17) is 9.47 Å². The summed E-state index contributed by atoms with van der Waals surface area (Å²) in [6.07, 6.45) is 4.04. The van der Waals surface area contributed by atoms with Crippen LogP contribution in [0, 0.1) is 5.82 Å². The van der Waals surface area contributed by atoms with Gasteiger partial charge in [-0.3, -0.25) is 0 Å². The molecule has 3 rings (SSSR count). The molecule has 1 saturated carbocycles. The first-order valence-corrected chi connectivity index (χ1v) is 5.94. The van der Waals surface area contributed by atoms with Gasteiger partial charge in [-0.25, -0.2) is 9.18 Å². The third kappa shape index (κ3) is 1.59. The molecule has 0 N–H and O–H groups in total. The number of benzene rings is 1. The molecule has 0 radical (unpaired) electrons. The normalized spacial score (nSPS) is 19.6. The number of aliphatic imine (C=N–C) groups is 1. The number of isocyanates is 1. The van der Waals surface area contributed by atoms with Crippen LogP contribution in [0.1, 0.15) is 24.8 Å². The quantitative estimate of drug-likeness (QED) is 0.597. The van der Waals surface area contributed by atoms with E-state index in [-0.39, 0.29) is 5.75 Å². The molecule has 94 valence electrons. The summed E-state index contributed by atoms with van der Waals surface area (Å²) >= 11 is 0. The second-order valence-corrected chi connectivity index (χ2v) is 4.57.